The second-order valence-electron chi connectivity index (χ2n) is 5.10. The van der Waals surface area contributed by atoms with Crippen molar-refractivity contribution in [2.45, 2.75) is 39.0 Å². The van der Waals surface area contributed by atoms with E-state index >= 15 is 0 Å². The molecule has 0 N–H and O–H groups in total. The Morgan fingerprint density at radius 2 is 2.00 bits per heavy atom. The number of fused-ring (bicyclic) bond motifs is 1. The van der Waals surface area contributed by atoms with Crippen LogP contribution < -0.4 is 4.74 Å². The molecule has 1 heterocycles. The molecule has 0 unspecified atom stereocenters. The lowest BCUT2D eigenvalue weighted by Gasteiger charge is -2.28. The van der Waals surface area contributed by atoms with Crippen LogP contribution in [0, 0.1) is 0 Å². The van der Waals surface area contributed by atoms with Gasteiger partial charge in [-0.15, -0.1) is 0 Å². The first-order chi connectivity index (χ1) is 7.00. The molecule has 1 nitrogen and oxygen atoms in total. The van der Waals surface area contributed by atoms with E-state index in [0.29, 0.717) is 0 Å². The normalized spacial score (nSPS) is 15.7. The van der Waals surface area contributed by atoms with Crippen LogP contribution in [0.1, 0.15) is 38.3 Å². The van der Waals surface area contributed by atoms with Gasteiger partial charge in [-0.05, 0) is 35.4 Å². The van der Waals surface area contributed by atoms with Crippen molar-refractivity contribution >= 4 is 11.6 Å². The minimum Gasteiger partial charge on any atom is -0.492 e. The Kier molecular flexibility index (Phi) is 2.68. The van der Waals surface area contributed by atoms with Crippen LogP contribution in [-0.2, 0) is 11.8 Å². The summed E-state index contributed by atoms with van der Waals surface area (Å²) in [4.78, 5) is 0. The maximum atomic E-state index is 6.14. The van der Waals surface area contributed by atoms with E-state index in [2.05, 4.69) is 26.8 Å². The molecule has 0 spiro atoms. The summed E-state index contributed by atoms with van der Waals surface area (Å²) in [5.74, 6) is 0.912. The lowest BCUT2D eigenvalue weighted by molar-refractivity contribution is 0.286. The van der Waals surface area contributed by atoms with Crippen LogP contribution in [0.2, 0.25) is 5.02 Å². The summed E-state index contributed by atoms with van der Waals surface area (Å²) in [6.07, 6.45) is 2.18. The molecule has 0 saturated carbocycles. The van der Waals surface area contributed by atoms with Crippen LogP contribution in [0.5, 0.6) is 5.75 Å². The van der Waals surface area contributed by atoms with Gasteiger partial charge >= 0.3 is 0 Å². The van der Waals surface area contributed by atoms with Crippen molar-refractivity contribution in [3.05, 3.63) is 28.3 Å². The van der Waals surface area contributed by atoms with Gasteiger partial charge in [-0.25, -0.2) is 0 Å². The molecule has 0 radical (unpaired) electrons. The van der Waals surface area contributed by atoms with Gasteiger partial charge in [-0.3, -0.25) is 0 Å². The summed E-state index contributed by atoms with van der Waals surface area (Å²) in [6, 6.07) is 4.09. The molecule has 0 atom stereocenters. The van der Waals surface area contributed by atoms with Crippen molar-refractivity contribution in [1.82, 2.24) is 0 Å². The van der Waals surface area contributed by atoms with Crippen LogP contribution in [0.3, 0.4) is 0 Å². The van der Waals surface area contributed by atoms with Crippen molar-refractivity contribution in [1.29, 1.82) is 0 Å². The standard InChI is InChI=1S/C13H17ClO/c1-13(2,3)10-6-7-11(14)12-9(10)5-4-8-15-12/h6-7H,4-5,8H2,1-3H3. The quantitative estimate of drug-likeness (QED) is 0.648. The third kappa shape index (κ3) is 1.98. The van der Waals surface area contributed by atoms with E-state index < -0.39 is 0 Å². The Labute approximate surface area is 96.4 Å². The zero-order chi connectivity index (χ0) is 11.1. The Morgan fingerprint density at radius 3 is 2.67 bits per heavy atom. The Morgan fingerprint density at radius 1 is 1.27 bits per heavy atom. The summed E-state index contributed by atoms with van der Waals surface area (Å²) in [6.45, 7) is 7.47. The Bertz CT molecular complexity index is 377. The predicted octanol–water partition coefficient (Wildman–Crippen LogP) is 3.96. The third-order valence-corrected chi connectivity index (χ3v) is 3.14. The summed E-state index contributed by atoms with van der Waals surface area (Å²) < 4.78 is 5.66. The van der Waals surface area contributed by atoms with Gasteiger partial charge in [0.05, 0.1) is 11.6 Å². The minimum absolute atomic E-state index is 0.162. The largest absolute Gasteiger partial charge is 0.492 e. The summed E-state index contributed by atoms with van der Waals surface area (Å²) in [7, 11) is 0. The van der Waals surface area contributed by atoms with E-state index in [1.165, 1.54) is 11.1 Å². The van der Waals surface area contributed by atoms with Gasteiger partial charge in [0.2, 0.25) is 0 Å². The third-order valence-electron chi connectivity index (χ3n) is 2.84. The van der Waals surface area contributed by atoms with Gasteiger partial charge in [0.1, 0.15) is 5.75 Å². The summed E-state index contributed by atoms with van der Waals surface area (Å²) >= 11 is 6.14. The molecule has 1 aromatic carbocycles. The predicted molar refractivity (Wildman–Crippen MR) is 64.0 cm³/mol. The maximum absolute atomic E-state index is 6.14. The highest BCUT2D eigenvalue weighted by atomic mass is 35.5. The monoisotopic (exact) mass is 224 g/mol. The molecular weight excluding hydrogens is 208 g/mol. The van der Waals surface area contributed by atoms with Gasteiger partial charge in [0, 0.05) is 0 Å². The van der Waals surface area contributed by atoms with Crippen LogP contribution in [0.15, 0.2) is 12.1 Å². The molecule has 0 amide bonds. The van der Waals surface area contributed by atoms with Crippen molar-refractivity contribution in [3.8, 4) is 5.75 Å². The van der Waals surface area contributed by atoms with E-state index in [1.54, 1.807) is 0 Å². The molecule has 0 aromatic heterocycles. The average molecular weight is 225 g/mol. The van der Waals surface area contributed by atoms with E-state index in [0.717, 1.165) is 30.2 Å². The Hall–Kier alpha value is -0.690. The number of rotatable bonds is 0. The topological polar surface area (TPSA) is 9.23 Å². The zero-order valence-corrected chi connectivity index (χ0v) is 10.3. The fourth-order valence-corrected chi connectivity index (χ4v) is 2.36. The minimum atomic E-state index is 0.162. The molecule has 2 heteroatoms. The molecule has 0 saturated heterocycles. The lowest BCUT2D eigenvalue weighted by Crippen LogP contribution is -2.18. The van der Waals surface area contributed by atoms with E-state index in [9.17, 15) is 0 Å². The summed E-state index contributed by atoms with van der Waals surface area (Å²) in [5, 5.41) is 0.748. The van der Waals surface area contributed by atoms with Crippen LogP contribution in [0.4, 0.5) is 0 Å². The number of halogens is 1. The first-order valence-corrected chi connectivity index (χ1v) is 5.82. The van der Waals surface area contributed by atoms with Crippen molar-refractivity contribution in [2.24, 2.45) is 0 Å². The van der Waals surface area contributed by atoms with Crippen molar-refractivity contribution in [3.63, 3.8) is 0 Å². The van der Waals surface area contributed by atoms with Crippen molar-refractivity contribution in [2.75, 3.05) is 6.61 Å². The highest BCUT2D eigenvalue weighted by molar-refractivity contribution is 6.32. The fraction of sp³-hybridized carbons (Fsp3) is 0.538. The van der Waals surface area contributed by atoms with Crippen molar-refractivity contribution < 1.29 is 4.74 Å². The molecule has 0 fully saturated rings. The zero-order valence-electron chi connectivity index (χ0n) is 9.56. The average Bonchev–Trinajstić information content (AvgIpc) is 2.17. The number of benzene rings is 1. The van der Waals surface area contributed by atoms with Crippen LogP contribution in [0.25, 0.3) is 0 Å². The molecule has 82 valence electrons. The lowest BCUT2D eigenvalue weighted by atomic mass is 9.82. The van der Waals surface area contributed by atoms with E-state index in [1.807, 2.05) is 6.07 Å². The maximum Gasteiger partial charge on any atom is 0.141 e. The van der Waals surface area contributed by atoms with Crippen LogP contribution >= 0.6 is 11.6 Å². The van der Waals surface area contributed by atoms with Gasteiger partial charge in [-0.1, -0.05) is 38.4 Å². The first kappa shape index (κ1) is 10.8. The second kappa shape index (κ2) is 3.71. The van der Waals surface area contributed by atoms with Gasteiger partial charge < -0.3 is 4.74 Å². The molecule has 1 aliphatic rings. The van der Waals surface area contributed by atoms with E-state index in [-0.39, 0.29) is 5.41 Å². The molecule has 0 aliphatic carbocycles. The second-order valence-corrected chi connectivity index (χ2v) is 5.51. The smallest absolute Gasteiger partial charge is 0.141 e. The number of hydrogen-bond acceptors (Lipinski definition) is 1. The highest BCUT2D eigenvalue weighted by Crippen LogP contribution is 2.39. The SMILES string of the molecule is CC(C)(C)c1ccc(Cl)c2c1CCCO2. The fourth-order valence-electron chi connectivity index (χ4n) is 2.13. The molecule has 0 bridgehead atoms. The molecular formula is C13H17ClO. The van der Waals surface area contributed by atoms with Gasteiger partial charge in [0.25, 0.3) is 0 Å². The number of ether oxygens (including phenoxy) is 1. The number of hydrogen-bond donors (Lipinski definition) is 0. The molecule has 15 heavy (non-hydrogen) atoms. The van der Waals surface area contributed by atoms with Gasteiger partial charge in [0.15, 0.2) is 0 Å². The summed E-state index contributed by atoms with van der Waals surface area (Å²) in [5.41, 5.74) is 2.83. The van der Waals surface area contributed by atoms with Gasteiger partial charge in [-0.2, -0.15) is 0 Å². The molecule has 2 rings (SSSR count). The Balaban J connectivity index is 2.58. The molecule has 1 aliphatic heterocycles. The molecule has 1 aromatic rings. The first-order valence-electron chi connectivity index (χ1n) is 5.45. The van der Waals surface area contributed by atoms with E-state index in [4.69, 9.17) is 16.3 Å². The highest BCUT2D eigenvalue weighted by Gasteiger charge is 2.24. The van der Waals surface area contributed by atoms with Crippen LogP contribution in [-0.4, -0.2) is 6.61 Å².